The topological polar surface area (TPSA) is 190 Å². The van der Waals surface area contributed by atoms with E-state index in [-0.39, 0.29) is 13.2 Å². The van der Waals surface area contributed by atoms with Crippen LogP contribution in [0, 0.1) is 0 Å². The fourth-order valence-corrected chi connectivity index (χ4v) is 6.38. The summed E-state index contributed by atoms with van der Waals surface area (Å²) in [6.07, 6.45) is 4.29. The summed E-state index contributed by atoms with van der Waals surface area (Å²) in [5.74, 6) is 2.24. The van der Waals surface area contributed by atoms with E-state index in [1.807, 2.05) is 72.8 Å². The number of nitrogens with one attached hydrogen (secondary N) is 6. The molecule has 0 spiro atoms. The Balaban J connectivity index is 1.14. The van der Waals surface area contributed by atoms with Gasteiger partial charge in [-0.25, -0.2) is 0 Å². The van der Waals surface area contributed by atoms with Crippen LogP contribution in [0.4, 0.5) is 58.4 Å². The SMILES string of the molecule is OCCNc1nc(Nc2ccccc2)nc(Nc2ccc(C=Cc3ccc(Nc4nc(NCCO)nc(Nc5ccccc5)n4)c[c]3[Na])[c]([Na])c2)n1. The van der Waals surface area contributed by atoms with Crippen molar-refractivity contribution >= 4 is 132 Å². The molecule has 8 N–H and O–H groups in total. The van der Waals surface area contributed by atoms with Crippen molar-refractivity contribution in [3.8, 4) is 0 Å². The van der Waals surface area contributed by atoms with Gasteiger partial charge in [0.2, 0.25) is 0 Å². The minimum absolute atomic E-state index is 0.0440. The van der Waals surface area contributed by atoms with Gasteiger partial charge in [0, 0.05) is 0 Å². The first-order valence-electron chi connectivity index (χ1n) is 16.7. The molecule has 16 heteroatoms. The van der Waals surface area contributed by atoms with Crippen LogP contribution < -0.4 is 37.5 Å². The Labute approximate surface area is 335 Å². The molecule has 2 heterocycles. The second-order valence-electron chi connectivity index (χ2n) is 11.6. The van der Waals surface area contributed by atoms with Crippen LogP contribution in [0.2, 0.25) is 0 Å². The van der Waals surface area contributed by atoms with Crippen LogP contribution >= 0.6 is 0 Å². The van der Waals surface area contributed by atoms with E-state index in [0.29, 0.717) is 48.8 Å². The summed E-state index contributed by atoms with van der Waals surface area (Å²) in [4.78, 5) is 27.0. The Morgan fingerprint density at radius 2 is 0.788 bits per heavy atom. The number of aliphatic hydroxyl groups is 2. The summed E-state index contributed by atoms with van der Waals surface area (Å²) in [6, 6.07) is 31.7. The van der Waals surface area contributed by atoms with Gasteiger partial charge >= 0.3 is 339 Å². The zero-order chi connectivity index (χ0) is 36.1. The Kier molecular flexibility index (Phi) is 13.4. The first kappa shape index (κ1) is 37.1. The van der Waals surface area contributed by atoms with Crippen LogP contribution in [-0.4, -0.2) is 122 Å². The standard InChI is InChI=1S/C36H34N12O2.2Na/c49-23-21-37-31-43-33(39-27-7-3-1-4-8-27)47-35(45-31)41-29-17-13-25(14-18-29)11-12-26-15-19-30(20-16-26)42-36-46-32(38-22-24-50)44-34(48-36)40-28-9-5-2-6-10-28;;/h1-13,15,17-20,49-50H,21-24H2,(H3,37,39,41,43,45,47)(H3,38,40,42,44,46,48);;. The van der Waals surface area contributed by atoms with Crippen molar-refractivity contribution in [1.82, 2.24) is 29.9 Å². The fourth-order valence-electron chi connectivity index (χ4n) is 5.09. The molecule has 0 bridgehead atoms. The van der Waals surface area contributed by atoms with Crippen LogP contribution in [0.15, 0.2) is 97.1 Å². The van der Waals surface area contributed by atoms with Gasteiger partial charge in [-0.1, -0.05) is 0 Å². The number of hydrogen-bond acceptors (Lipinski definition) is 14. The number of aliphatic hydroxyl groups excluding tert-OH is 2. The molecular weight excluding hydrogens is 678 g/mol. The predicted octanol–water partition coefficient (Wildman–Crippen LogP) is 3.60. The van der Waals surface area contributed by atoms with Crippen molar-refractivity contribution in [3.63, 3.8) is 0 Å². The van der Waals surface area contributed by atoms with Crippen LogP contribution in [0.5, 0.6) is 0 Å². The van der Waals surface area contributed by atoms with Crippen molar-refractivity contribution in [1.29, 1.82) is 0 Å². The summed E-state index contributed by atoms with van der Waals surface area (Å²) in [5, 5.41) is 37.7. The molecule has 0 unspecified atom stereocenters. The zero-order valence-corrected chi connectivity index (χ0v) is 32.8. The third-order valence-electron chi connectivity index (χ3n) is 7.61. The Morgan fingerprint density at radius 3 is 1.13 bits per heavy atom. The molecule has 0 amide bonds. The van der Waals surface area contributed by atoms with Gasteiger partial charge in [0.1, 0.15) is 0 Å². The van der Waals surface area contributed by atoms with Gasteiger partial charge in [0.05, 0.1) is 0 Å². The summed E-state index contributed by atoms with van der Waals surface area (Å²) in [6.45, 7) is 0.548. The van der Waals surface area contributed by atoms with Gasteiger partial charge < -0.3 is 0 Å². The molecular formula is C36H34N12Na2O2. The molecule has 2 aromatic heterocycles. The summed E-state index contributed by atoms with van der Waals surface area (Å²) in [7, 11) is 0. The molecule has 0 aliphatic heterocycles. The van der Waals surface area contributed by atoms with Crippen LogP contribution in [0.3, 0.4) is 0 Å². The number of nitrogens with zero attached hydrogens (tertiary/aromatic N) is 6. The fraction of sp³-hybridized carbons (Fsp3) is 0.111. The van der Waals surface area contributed by atoms with Gasteiger partial charge in [-0.3, -0.25) is 0 Å². The van der Waals surface area contributed by atoms with Crippen molar-refractivity contribution in [2.24, 2.45) is 0 Å². The van der Waals surface area contributed by atoms with E-state index in [4.69, 9.17) is 0 Å². The normalized spacial score (nSPS) is 11.0. The molecule has 0 fully saturated rings. The summed E-state index contributed by atoms with van der Waals surface area (Å²) in [5.41, 5.74) is 5.70. The Hall–Kier alpha value is -4.64. The first-order valence-corrected chi connectivity index (χ1v) is 18.7. The second-order valence-corrected chi connectivity index (χ2v) is 13.8. The number of para-hydroxylation sites is 2. The molecule has 0 saturated carbocycles. The molecule has 6 aromatic rings. The zero-order valence-electron chi connectivity index (χ0n) is 28.8. The molecule has 0 radical (unpaired) electrons. The molecule has 6 rings (SSSR count). The number of rotatable bonds is 16. The van der Waals surface area contributed by atoms with Crippen LogP contribution in [0.25, 0.3) is 12.2 Å². The average molecular weight is 713 g/mol. The van der Waals surface area contributed by atoms with E-state index in [1.165, 1.54) is 5.63 Å². The van der Waals surface area contributed by atoms with Crippen molar-refractivity contribution < 1.29 is 10.2 Å². The first-order chi connectivity index (χ1) is 25.4. The summed E-state index contributed by atoms with van der Waals surface area (Å²) >= 11 is 1.66. The minimum atomic E-state index is -0.0440. The third-order valence-corrected chi connectivity index (χ3v) is 9.35. The molecule has 0 aliphatic carbocycles. The Morgan fingerprint density at radius 1 is 0.442 bits per heavy atom. The van der Waals surface area contributed by atoms with E-state index in [2.05, 4.69) is 98.2 Å². The molecule has 252 valence electrons. The molecule has 0 saturated heterocycles. The monoisotopic (exact) mass is 712 g/mol. The maximum atomic E-state index is 9.28. The van der Waals surface area contributed by atoms with Gasteiger partial charge in [0.15, 0.2) is 0 Å². The van der Waals surface area contributed by atoms with E-state index >= 15 is 0 Å². The second kappa shape index (κ2) is 18.7. The molecule has 4 aromatic carbocycles. The molecule has 52 heavy (non-hydrogen) atoms. The van der Waals surface area contributed by atoms with E-state index in [0.717, 1.165) is 89.7 Å². The third kappa shape index (κ3) is 10.9. The van der Waals surface area contributed by atoms with Gasteiger partial charge in [-0.05, 0) is 0 Å². The quantitative estimate of drug-likeness (QED) is 0.0537. The van der Waals surface area contributed by atoms with E-state index in [1.54, 1.807) is 0 Å². The molecule has 0 aliphatic rings. The van der Waals surface area contributed by atoms with Crippen molar-refractivity contribution in [3.05, 3.63) is 108 Å². The number of anilines is 10. The Bertz CT molecular complexity index is 1970. The van der Waals surface area contributed by atoms with Gasteiger partial charge in [-0.15, -0.1) is 0 Å². The number of aromatic nitrogens is 6. The van der Waals surface area contributed by atoms with Crippen molar-refractivity contribution in [2.45, 2.75) is 0 Å². The van der Waals surface area contributed by atoms with Crippen molar-refractivity contribution in [2.75, 3.05) is 58.2 Å². The van der Waals surface area contributed by atoms with Gasteiger partial charge in [-0.2, -0.15) is 0 Å². The number of benzene rings is 4. The molecule has 14 nitrogen and oxygen atoms in total. The summed E-state index contributed by atoms with van der Waals surface area (Å²) < 4.78 is 2.43. The average Bonchev–Trinajstić information content (AvgIpc) is 3.14. The van der Waals surface area contributed by atoms with E-state index < -0.39 is 0 Å². The maximum absolute atomic E-state index is 9.28. The van der Waals surface area contributed by atoms with Gasteiger partial charge in [0.25, 0.3) is 0 Å². The van der Waals surface area contributed by atoms with Crippen LogP contribution in [-0.2, 0) is 0 Å². The van der Waals surface area contributed by atoms with E-state index in [9.17, 15) is 10.2 Å². The molecule has 0 atom stereocenters. The number of hydrogen-bond donors (Lipinski definition) is 8. The van der Waals surface area contributed by atoms with Crippen LogP contribution in [0.1, 0.15) is 11.1 Å². The predicted molar refractivity (Wildman–Crippen MR) is 209 cm³/mol.